The number of hydrogen-bond donors (Lipinski definition) is 3. The van der Waals surface area contributed by atoms with E-state index in [1.165, 1.54) is 5.56 Å². The average molecular weight is 458 g/mol. The van der Waals surface area contributed by atoms with E-state index in [1.807, 2.05) is 12.5 Å². The van der Waals surface area contributed by atoms with Gasteiger partial charge in [0.25, 0.3) is 0 Å². The fourth-order valence-corrected chi connectivity index (χ4v) is 8.67. The smallest absolute Gasteiger partial charge is 0.0937 e. The second-order valence-electron chi connectivity index (χ2n) is 13.0. The molecule has 33 heavy (non-hydrogen) atoms. The van der Waals surface area contributed by atoms with E-state index in [2.05, 4.69) is 65.9 Å². The van der Waals surface area contributed by atoms with Gasteiger partial charge in [-0.3, -0.25) is 0 Å². The Kier molecular flexibility index (Phi) is 6.47. The summed E-state index contributed by atoms with van der Waals surface area (Å²) in [5.74, 6) is 0.993. The van der Waals surface area contributed by atoms with Crippen LogP contribution in [0.5, 0.6) is 0 Å². The molecule has 3 aliphatic carbocycles. The SMILES string of the molecule is CC(C)NC[C@@]1(C)C2=CC[C@@H](c3ccoc3)[C@]2(C)CC[C@@H]1[C@@]1(C)CC[C@H](O)C(C)(C)[C@@H]1CO. The monoisotopic (exact) mass is 457 g/mol. The van der Waals surface area contributed by atoms with Gasteiger partial charge in [0.15, 0.2) is 0 Å². The Morgan fingerprint density at radius 1 is 1.12 bits per heavy atom. The zero-order chi connectivity index (χ0) is 24.2. The molecule has 4 heteroatoms. The van der Waals surface area contributed by atoms with Crippen LogP contribution in [-0.4, -0.2) is 35.5 Å². The molecule has 186 valence electrons. The van der Waals surface area contributed by atoms with Gasteiger partial charge in [-0.2, -0.15) is 0 Å². The van der Waals surface area contributed by atoms with Crippen molar-refractivity contribution in [1.29, 1.82) is 0 Å². The quantitative estimate of drug-likeness (QED) is 0.465. The van der Waals surface area contributed by atoms with Gasteiger partial charge in [-0.1, -0.05) is 60.1 Å². The molecule has 3 aliphatic rings. The van der Waals surface area contributed by atoms with Gasteiger partial charge in [0.05, 0.1) is 18.6 Å². The lowest BCUT2D eigenvalue weighted by molar-refractivity contribution is -0.157. The zero-order valence-electron chi connectivity index (χ0n) is 21.9. The molecule has 2 saturated carbocycles. The van der Waals surface area contributed by atoms with Crippen LogP contribution in [-0.2, 0) is 0 Å². The first kappa shape index (κ1) is 25.0. The molecular weight excluding hydrogens is 410 g/mol. The van der Waals surface area contributed by atoms with Crippen LogP contribution in [0.4, 0.5) is 0 Å². The first-order valence-electron chi connectivity index (χ1n) is 13.2. The highest BCUT2D eigenvalue weighted by Crippen LogP contribution is 2.69. The molecular formula is C29H47NO3. The highest BCUT2D eigenvalue weighted by atomic mass is 16.3. The van der Waals surface area contributed by atoms with Gasteiger partial charge in [0, 0.05) is 24.6 Å². The fraction of sp³-hybridized carbons (Fsp3) is 0.793. The summed E-state index contributed by atoms with van der Waals surface area (Å²) in [7, 11) is 0. The Labute approximate surface area is 201 Å². The van der Waals surface area contributed by atoms with E-state index < -0.39 is 0 Å². The minimum atomic E-state index is -0.354. The van der Waals surface area contributed by atoms with Crippen molar-refractivity contribution in [3.8, 4) is 0 Å². The molecule has 2 fully saturated rings. The van der Waals surface area contributed by atoms with Crippen molar-refractivity contribution >= 4 is 0 Å². The predicted molar refractivity (Wildman–Crippen MR) is 134 cm³/mol. The summed E-state index contributed by atoms with van der Waals surface area (Å²) in [6.07, 6.45) is 11.1. The van der Waals surface area contributed by atoms with Crippen LogP contribution in [0.1, 0.15) is 92.1 Å². The van der Waals surface area contributed by atoms with Crippen LogP contribution >= 0.6 is 0 Å². The molecule has 4 rings (SSSR count). The van der Waals surface area contributed by atoms with E-state index in [9.17, 15) is 10.2 Å². The molecule has 0 bridgehead atoms. The van der Waals surface area contributed by atoms with Gasteiger partial charge in [0.2, 0.25) is 0 Å². The average Bonchev–Trinajstić information content (AvgIpc) is 3.38. The van der Waals surface area contributed by atoms with Crippen molar-refractivity contribution in [3.05, 3.63) is 35.8 Å². The van der Waals surface area contributed by atoms with Gasteiger partial charge in [-0.05, 0) is 77.7 Å². The van der Waals surface area contributed by atoms with Crippen LogP contribution in [0.15, 0.2) is 34.7 Å². The van der Waals surface area contributed by atoms with E-state index in [0.717, 1.165) is 38.6 Å². The third-order valence-corrected chi connectivity index (χ3v) is 10.6. The maximum Gasteiger partial charge on any atom is 0.0937 e. The molecule has 1 heterocycles. The van der Waals surface area contributed by atoms with Crippen LogP contribution in [0.25, 0.3) is 0 Å². The van der Waals surface area contributed by atoms with Crippen molar-refractivity contribution in [2.75, 3.05) is 13.2 Å². The largest absolute Gasteiger partial charge is 0.472 e. The number of allylic oxidation sites excluding steroid dienone is 1. The number of rotatable bonds is 6. The Morgan fingerprint density at radius 2 is 1.85 bits per heavy atom. The molecule has 3 N–H and O–H groups in total. The summed E-state index contributed by atoms with van der Waals surface area (Å²) < 4.78 is 5.49. The van der Waals surface area contributed by atoms with Crippen LogP contribution in [0, 0.1) is 33.5 Å². The number of nitrogens with one attached hydrogen (secondary N) is 1. The number of fused-ring (bicyclic) bond motifs is 1. The van der Waals surface area contributed by atoms with Crippen molar-refractivity contribution in [2.24, 2.45) is 33.5 Å². The Hall–Kier alpha value is -1.10. The van der Waals surface area contributed by atoms with Crippen LogP contribution in [0.2, 0.25) is 0 Å². The second-order valence-corrected chi connectivity index (χ2v) is 13.0. The van der Waals surface area contributed by atoms with Crippen LogP contribution in [0.3, 0.4) is 0 Å². The maximum absolute atomic E-state index is 10.9. The van der Waals surface area contributed by atoms with Crippen molar-refractivity contribution in [3.63, 3.8) is 0 Å². The molecule has 0 unspecified atom stereocenters. The minimum absolute atomic E-state index is 0.00367. The van der Waals surface area contributed by atoms with E-state index in [0.29, 0.717) is 17.9 Å². The lowest BCUT2D eigenvalue weighted by Gasteiger charge is -2.63. The third-order valence-electron chi connectivity index (χ3n) is 10.6. The highest BCUT2D eigenvalue weighted by Gasteiger charge is 2.62. The summed E-state index contributed by atoms with van der Waals surface area (Å²) in [6.45, 7) is 17.3. The maximum atomic E-state index is 10.9. The Balaban J connectivity index is 1.77. The molecule has 0 radical (unpaired) electrons. The number of aliphatic hydroxyl groups is 2. The fourth-order valence-electron chi connectivity index (χ4n) is 8.67. The van der Waals surface area contributed by atoms with Crippen LogP contribution < -0.4 is 5.32 Å². The Morgan fingerprint density at radius 3 is 2.45 bits per heavy atom. The standard InChI is InChI=1S/C29H47NO3/c1-19(2)30-18-29(7)22-9-8-21(20-12-15-33-17-20)27(22,5)13-10-23(29)28(6)14-11-25(32)26(3,4)24(28)16-31/h9,12,15,17,19,21,23-25,30-32H,8,10-11,13-14,16,18H2,1-7H3/t21-,23+,24-,25-,27-,28+,29-/m0/s1. The lowest BCUT2D eigenvalue weighted by atomic mass is 9.42. The molecule has 4 nitrogen and oxygen atoms in total. The summed E-state index contributed by atoms with van der Waals surface area (Å²) in [6, 6.07) is 2.57. The number of hydrogen-bond acceptors (Lipinski definition) is 4. The lowest BCUT2D eigenvalue weighted by Crippen LogP contribution is -2.60. The van der Waals surface area contributed by atoms with Gasteiger partial charge in [-0.15, -0.1) is 0 Å². The van der Waals surface area contributed by atoms with Crippen molar-refractivity contribution in [1.82, 2.24) is 5.32 Å². The molecule has 0 aliphatic heterocycles. The number of furan rings is 1. The van der Waals surface area contributed by atoms with Crippen molar-refractivity contribution in [2.45, 2.75) is 98.6 Å². The van der Waals surface area contributed by atoms with E-state index >= 15 is 0 Å². The Bertz CT molecular complexity index is 858. The molecule has 7 atom stereocenters. The second kappa shape index (κ2) is 8.53. The first-order chi connectivity index (χ1) is 15.4. The van der Waals surface area contributed by atoms with E-state index in [4.69, 9.17) is 4.42 Å². The minimum Gasteiger partial charge on any atom is -0.472 e. The highest BCUT2D eigenvalue weighted by molar-refractivity contribution is 5.39. The molecule has 0 amide bonds. The normalized spacial score (nSPS) is 42.9. The van der Waals surface area contributed by atoms with Gasteiger partial charge < -0.3 is 19.9 Å². The van der Waals surface area contributed by atoms with Gasteiger partial charge in [-0.25, -0.2) is 0 Å². The zero-order valence-corrected chi connectivity index (χ0v) is 21.9. The van der Waals surface area contributed by atoms with Gasteiger partial charge in [0.1, 0.15) is 0 Å². The molecule has 1 aromatic rings. The summed E-state index contributed by atoms with van der Waals surface area (Å²) in [5, 5.41) is 25.3. The summed E-state index contributed by atoms with van der Waals surface area (Å²) in [4.78, 5) is 0. The predicted octanol–water partition coefficient (Wildman–Crippen LogP) is 5.91. The van der Waals surface area contributed by atoms with Crippen molar-refractivity contribution < 1.29 is 14.6 Å². The molecule has 0 spiro atoms. The van der Waals surface area contributed by atoms with E-state index in [1.54, 1.807) is 5.57 Å². The summed E-state index contributed by atoms with van der Waals surface area (Å²) in [5.41, 5.74) is 2.73. The third kappa shape index (κ3) is 3.76. The first-order valence-corrected chi connectivity index (χ1v) is 13.2. The molecule has 1 aromatic heterocycles. The topological polar surface area (TPSA) is 65.6 Å². The molecule has 0 aromatic carbocycles. The van der Waals surface area contributed by atoms with Gasteiger partial charge >= 0.3 is 0 Å². The summed E-state index contributed by atoms with van der Waals surface area (Å²) >= 11 is 0. The van der Waals surface area contributed by atoms with E-state index in [-0.39, 0.29) is 40.3 Å². The number of aliphatic hydroxyl groups excluding tert-OH is 2. The molecule has 0 saturated heterocycles.